The molecule has 0 aliphatic carbocycles. The van der Waals surface area contributed by atoms with Gasteiger partial charge in [0, 0.05) is 0 Å². The lowest BCUT2D eigenvalue weighted by Gasteiger charge is -2.20. The van der Waals surface area contributed by atoms with Gasteiger partial charge in [-0.2, -0.15) is 0 Å². The van der Waals surface area contributed by atoms with Gasteiger partial charge < -0.3 is 25.5 Å². The molecule has 2 aromatic heterocycles. The molecule has 2 rings (SSSR count). The third-order valence-electron chi connectivity index (χ3n) is 3.48. The van der Waals surface area contributed by atoms with Gasteiger partial charge in [-0.05, 0) is 29.5 Å². The number of furan rings is 1. The first-order valence-corrected chi connectivity index (χ1v) is 8.85. The van der Waals surface area contributed by atoms with E-state index in [2.05, 4.69) is 10.6 Å². The fourth-order valence-corrected chi connectivity index (χ4v) is 2.92. The van der Waals surface area contributed by atoms with Crippen molar-refractivity contribution < 1.29 is 28.3 Å². The van der Waals surface area contributed by atoms with Gasteiger partial charge in [0.1, 0.15) is 11.0 Å². The quantitative estimate of drug-likeness (QED) is 0.579. The van der Waals surface area contributed by atoms with Gasteiger partial charge in [-0.3, -0.25) is 14.4 Å². The van der Waals surface area contributed by atoms with Crippen LogP contribution in [0.3, 0.4) is 0 Å². The molecule has 2 aromatic rings. The van der Waals surface area contributed by atoms with E-state index in [-0.39, 0.29) is 22.2 Å². The van der Waals surface area contributed by atoms with Gasteiger partial charge in [0.2, 0.25) is 0 Å². The molecule has 3 amide bonds. The summed E-state index contributed by atoms with van der Waals surface area (Å²) in [6.45, 7) is 2.87. The van der Waals surface area contributed by atoms with Crippen LogP contribution in [-0.4, -0.2) is 36.3 Å². The van der Waals surface area contributed by atoms with Crippen molar-refractivity contribution in [2.45, 2.75) is 19.9 Å². The lowest BCUT2D eigenvalue weighted by Crippen LogP contribution is -2.45. The number of hydrogen-bond acceptors (Lipinski definition) is 7. The minimum atomic E-state index is -0.960. The second-order valence-electron chi connectivity index (χ2n) is 5.86. The van der Waals surface area contributed by atoms with E-state index in [0.717, 1.165) is 11.3 Å². The standard InChI is InChI=1S/C17H19N3O6S/c1-9(2)13(20-15(23)11-4-3-6-25-11)17(24)26-8-12(21)19-16-10(14(18)22)5-7-27-16/h3-7,9,13H,8H2,1-2H3,(H2,18,22)(H,19,21)(H,20,23). The highest BCUT2D eigenvalue weighted by Crippen LogP contribution is 2.22. The summed E-state index contributed by atoms with van der Waals surface area (Å²) < 4.78 is 9.97. The Morgan fingerprint density at radius 2 is 2.00 bits per heavy atom. The van der Waals surface area contributed by atoms with Crippen LogP contribution in [0.25, 0.3) is 0 Å². The Bertz CT molecular complexity index is 828. The van der Waals surface area contributed by atoms with Crippen molar-refractivity contribution in [3.05, 3.63) is 41.2 Å². The van der Waals surface area contributed by atoms with E-state index < -0.39 is 36.3 Å². The second kappa shape index (κ2) is 8.99. The Hall–Kier alpha value is -3.14. The van der Waals surface area contributed by atoms with E-state index in [1.807, 2.05) is 0 Å². The second-order valence-corrected chi connectivity index (χ2v) is 6.77. The normalized spacial score (nSPS) is 11.7. The molecule has 0 bridgehead atoms. The molecule has 0 aliphatic heterocycles. The predicted octanol–water partition coefficient (Wildman–Crippen LogP) is 1.38. The molecule has 0 aromatic carbocycles. The number of thiophene rings is 1. The highest BCUT2D eigenvalue weighted by atomic mass is 32.1. The molecule has 0 spiro atoms. The van der Waals surface area contributed by atoms with Crippen LogP contribution in [0.1, 0.15) is 34.8 Å². The van der Waals surface area contributed by atoms with Crippen LogP contribution in [0.5, 0.6) is 0 Å². The molecule has 27 heavy (non-hydrogen) atoms. The number of amides is 3. The van der Waals surface area contributed by atoms with Gasteiger partial charge in [0.25, 0.3) is 17.7 Å². The van der Waals surface area contributed by atoms with Gasteiger partial charge in [0.05, 0.1) is 11.8 Å². The maximum Gasteiger partial charge on any atom is 0.329 e. The molecule has 0 aliphatic rings. The van der Waals surface area contributed by atoms with Crippen molar-refractivity contribution in [2.24, 2.45) is 11.7 Å². The predicted molar refractivity (Wildman–Crippen MR) is 97.2 cm³/mol. The maximum atomic E-state index is 12.3. The molecule has 10 heteroatoms. The fourth-order valence-electron chi connectivity index (χ4n) is 2.11. The molecule has 0 saturated carbocycles. The van der Waals surface area contributed by atoms with Gasteiger partial charge in [-0.1, -0.05) is 13.8 Å². The van der Waals surface area contributed by atoms with Gasteiger partial charge >= 0.3 is 5.97 Å². The zero-order valence-electron chi connectivity index (χ0n) is 14.7. The van der Waals surface area contributed by atoms with E-state index in [4.69, 9.17) is 14.9 Å². The molecule has 2 heterocycles. The number of rotatable bonds is 8. The zero-order chi connectivity index (χ0) is 20.0. The van der Waals surface area contributed by atoms with Crippen molar-refractivity contribution in [2.75, 3.05) is 11.9 Å². The molecule has 1 unspecified atom stereocenters. The minimum Gasteiger partial charge on any atom is -0.459 e. The molecule has 9 nitrogen and oxygen atoms in total. The molecular weight excluding hydrogens is 374 g/mol. The third-order valence-corrected chi connectivity index (χ3v) is 4.31. The molecule has 0 saturated heterocycles. The van der Waals surface area contributed by atoms with Crippen molar-refractivity contribution in [1.29, 1.82) is 0 Å². The van der Waals surface area contributed by atoms with Gasteiger partial charge in [0.15, 0.2) is 12.4 Å². The largest absolute Gasteiger partial charge is 0.459 e. The number of ether oxygens (including phenoxy) is 1. The number of nitrogens with one attached hydrogen (secondary N) is 2. The van der Waals surface area contributed by atoms with Crippen LogP contribution in [-0.2, 0) is 14.3 Å². The smallest absolute Gasteiger partial charge is 0.329 e. The van der Waals surface area contributed by atoms with Crippen LogP contribution >= 0.6 is 11.3 Å². The number of hydrogen-bond donors (Lipinski definition) is 3. The Morgan fingerprint density at radius 1 is 1.26 bits per heavy atom. The summed E-state index contributed by atoms with van der Waals surface area (Å²) in [5.41, 5.74) is 5.37. The average molecular weight is 393 g/mol. The molecular formula is C17H19N3O6S. The van der Waals surface area contributed by atoms with E-state index >= 15 is 0 Å². The number of carbonyl (C=O) groups is 4. The zero-order valence-corrected chi connectivity index (χ0v) is 15.5. The van der Waals surface area contributed by atoms with Crippen LogP contribution < -0.4 is 16.4 Å². The number of esters is 1. The first-order chi connectivity index (χ1) is 12.8. The Labute approximate surface area is 158 Å². The highest BCUT2D eigenvalue weighted by Gasteiger charge is 2.27. The van der Waals surface area contributed by atoms with Crippen molar-refractivity contribution in [1.82, 2.24) is 5.32 Å². The molecule has 1 atom stereocenters. The van der Waals surface area contributed by atoms with Crippen molar-refractivity contribution >= 4 is 40.0 Å². The maximum absolute atomic E-state index is 12.3. The molecule has 4 N–H and O–H groups in total. The summed E-state index contributed by atoms with van der Waals surface area (Å²) in [6.07, 6.45) is 1.34. The van der Waals surface area contributed by atoms with Crippen LogP contribution in [0.2, 0.25) is 0 Å². The first kappa shape index (κ1) is 20.2. The topological polar surface area (TPSA) is 141 Å². The van der Waals surface area contributed by atoms with Crippen LogP contribution in [0.15, 0.2) is 34.3 Å². The van der Waals surface area contributed by atoms with Crippen molar-refractivity contribution in [3.8, 4) is 0 Å². The monoisotopic (exact) mass is 393 g/mol. The molecule has 0 fully saturated rings. The summed E-state index contributed by atoms with van der Waals surface area (Å²) in [6, 6.07) is 3.53. The van der Waals surface area contributed by atoms with Crippen molar-refractivity contribution in [3.63, 3.8) is 0 Å². The summed E-state index contributed by atoms with van der Waals surface area (Å²) in [4.78, 5) is 47.5. The van der Waals surface area contributed by atoms with E-state index in [9.17, 15) is 19.2 Å². The number of nitrogens with two attached hydrogens (primary N) is 1. The van der Waals surface area contributed by atoms with Gasteiger partial charge in [-0.25, -0.2) is 4.79 Å². The molecule has 0 radical (unpaired) electrons. The SMILES string of the molecule is CC(C)C(NC(=O)c1ccco1)C(=O)OCC(=O)Nc1sccc1C(N)=O. The average Bonchev–Trinajstić information content (AvgIpc) is 3.28. The third kappa shape index (κ3) is 5.42. The Morgan fingerprint density at radius 3 is 2.59 bits per heavy atom. The summed E-state index contributed by atoms with van der Waals surface area (Å²) in [5.74, 6) is -2.86. The van der Waals surface area contributed by atoms with Crippen LogP contribution in [0, 0.1) is 5.92 Å². The first-order valence-electron chi connectivity index (χ1n) is 7.97. The van der Waals surface area contributed by atoms with E-state index in [0.29, 0.717) is 0 Å². The lowest BCUT2D eigenvalue weighted by atomic mass is 10.0. The lowest BCUT2D eigenvalue weighted by molar-refractivity contribution is -0.150. The number of primary amides is 1. The number of carbonyl (C=O) groups excluding carboxylic acids is 4. The van der Waals surface area contributed by atoms with Gasteiger partial charge in [-0.15, -0.1) is 11.3 Å². The summed E-state index contributed by atoms with van der Waals surface area (Å²) in [5, 5.41) is 6.84. The fraction of sp³-hybridized carbons (Fsp3) is 0.294. The molecule has 144 valence electrons. The summed E-state index contributed by atoms with van der Waals surface area (Å²) in [7, 11) is 0. The number of anilines is 1. The Balaban J connectivity index is 1.91. The summed E-state index contributed by atoms with van der Waals surface area (Å²) >= 11 is 1.12. The van der Waals surface area contributed by atoms with Crippen LogP contribution in [0.4, 0.5) is 5.00 Å². The minimum absolute atomic E-state index is 0.0582. The highest BCUT2D eigenvalue weighted by molar-refractivity contribution is 7.14. The van der Waals surface area contributed by atoms with E-state index in [1.165, 1.54) is 18.4 Å². The Kier molecular flexibility index (Phi) is 6.72. The van der Waals surface area contributed by atoms with E-state index in [1.54, 1.807) is 25.3 Å².